The molecule has 13 heavy (non-hydrogen) atoms. The zero-order chi connectivity index (χ0) is 9.42. The van der Waals surface area contributed by atoms with E-state index >= 15 is 0 Å². The molecule has 1 aromatic rings. The van der Waals surface area contributed by atoms with Gasteiger partial charge < -0.3 is 5.32 Å². The average molecular weight is 179 g/mol. The number of ketones is 1. The topological polar surface area (TPSA) is 46.9 Å². The number of nitrogens with zero attached hydrogens (tertiary/aromatic N) is 2. The van der Waals surface area contributed by atoms with E-state index in [0.29, 0.717) is 0 Å². The van der Waals surface area contributed by atoms with Crippen molar-refractivity contribution in [1.29, 1.82) is 0 Å². The maximum absolute atomic E-state index is 11.8. The second-order valence-electron chi connectivity index (χ2n) is 3.39. The molecule has 1 aromatic heterocycles. The number of hydrogen-bond donors (Lipinski definition) is 1. The van der Waals surface area contributed by atoms with Crippen molar-refractivity contribution in [3.8, 4) is 0 Å². The lowest BCUT2D eigenvalue weighted by Gasteiger charge is -2.21. The Labute approximate surface area is 76.9 Å². The second kappa shape index (κ2) is 2.96. The highest BCUT2D eigenvalue weighted by Gasteiger charge is 2.28. The lowest BCUT2D eigenvalue weighted by Crippen LogP contribution is -2.40. The Kier molecular flexibility index (Phi) is 1.92. The maximum atomic E-state index is 11.8. The molecule has 0 saturated heterocycles. The van der Waals surface area contributed by atoms with Gasteiger partial charge in [0.25, 0.3) is 0 Å². The average Bonchev–Trinajstić information content (AvgIpc) is 2.49. The van der Waals surface area contributed by atoms with Crippen LogP contribution in [0.25, 0.3) is 0 Å². The van der Waals surface area contributed by atoms with Gasteiger partial charge in [-0.05, 0) is 26.0 Å². The molecule has 0 aliphatic carbocycles. The minimum Gasteiger partial charge on any atom is -0.310 e. The van der Waals surface area contributed by atoms with Crippen molar-refractivity contribution in [3.63, 3.8) is 0 Å². The summed E-state index contributed by atoms with van der Waals surface area (Å²) in [4.78, 5) is 11.8. The number of hydrogen-bond acceptors (Lipinski definition) is 3. The summed E-state index contributed by atoms with van der Waals surface area (Å²) in [6.07, 6.45) is 2.59. The Hall–Kier alpha value is -1.16. The van der Waals surface area contributed by atoms with Crippen molar-refractivity contribution in [1.82, 2.24) is 15.1 Å². The Morgan fingerprint density at radius 3 is 3.15 bits per heavy atom. The zero-order valence-corrected chi connectivity index (χ0v) is 7.87. The highest BCUT2D eigenvalue weighted by atomic mass is 16.1. The van der Waals surface area contributed by atoms with Gasteiger partial charge in [-0.2, -0.15) is 5.10 Å². The van der Waals surface area contributed by atoms with E-state index in [4.69, 9.17) is 0 Å². The van der Waals surface area contributed by atoms with Crippen molar-refractivity contribution < 1.29 is 4.79 Å². The molecule has 1 aliphatic heterocycles. The molecule has 2 heterocycles. The van der Waals surface area contributed by atoms with E-state index < -0.39 is 0 Å². The Balaban J connectivity index is 2.43. The smallest absolute Gasteiger partial charge is 0.198 e. The first-order valence-electron chi connectivity index (χ1n) is 4.48. The van der Waals surface area contributed by atoms with Crippen molar-refractivity contribution in [2.75, 3.05) is 7.05 Å². The third kappa shape index (κ3) is 1.18. The molecule has 1 aliphatic rings. The van der Waals surface area contributed by atoms with Crippen LogP contribution in [0, 0.1) is 6.92 Å². The summed E-state index contributed by atoms with van der Waals surface area (Å²) in [5, 5.41) is 7.16. The Bertz CT molecular complexity index is 343. The minimum absolute atomic E-state index is 0.0251. The van der Waals surface area contributed by atoms with Crippen LogP contribution >= 0.6 is 0 Å². The number of carbonyl (C=O) groups excluding carboxylic acids is 1. The van der Waals surface area contributed by atoms with Crippen molar-refractivity contribution in [3.05, 3.63) is 17.5 Å². The van der Waals surface area contributed by atoms with Crippen LogP contribution in [-0.2, 0) is 6.54 Å². The first kappa shape index (κ1) is 8.44. The molecular weight excluding hydrogens is 166 g/mol. The Morgan fingerprint density at radius 1 is 1.69 bits per heavy atom. The fourth-order valence-corrected chi connectivity index (χ4v) is 1.79. The molecule has 1 atom stereocenters. The van der Waals surface area contributed by atoms with E-state index in [-0.39, 0.29) is 11.8 Å². The number of likely N-dealkylation sites (N-methyl/N-ethyl adjacent to an activating group) is 1. The molecule has 0 saturated carbocycles. The minimum atomic E-state index is -0.0251. The lowest BCUT2D eigenvalue weighted by molar-refractivity contribution is 0.0907. The molecule has 4 nitrogen and oxygen atoms in total. The van der Waals surface area contributed by atoms with Gasteiger partial charge >= 0.3 is 0 Å². The molecule has 4 heteroatoms. The standard InChI is InChI=1S/C9H13N3O/c1-6-5-11-12-4-3-7(10-2)9(13)8(6)12/h5,7,10H,3-4H2,1-2H3. The van der Waals surface area contributed by atoms with Crippen LogP contribution in [0.3, 0.4) is 0 Å². The summed E-state index contributed by atoms with van der Waals surface area (Å²) in [5.41, 5.74) is 1.75. The van der Waals surface area contributed by atoms with Gasteiger partial charge in [0.1, 0.15) is 5.69 Å². The summed E-state index contributed by atoms with van der Waals surface area (Å²) in [6.45, 7) is 2.76. The molecular formula is C9H13N3O. The predicted molar refractivity (Wildman–Crippen MR) is 48.8 cm³/mol. The van der Waals surface area contributed by atoms with E-state index in [1.807, 2.05) is 14.0 Å². The summed E-state index contributed by atoms with van der Waals surface area (Å²) >= 11 is 0. The molecule has 1 unspecified atom stereocenters. The van der Waals surface area contributed by atoms with Gasteiger partial charge in [-0.1, -0.05) is 0 Å². The van der Waals surface area contributed by atoms with Gasteiger partial charge in [0.05, 0.1) is 12.2 Å². The fraction of sp³-hybridized carbons (Fsp3) is 0.556. The van der Waals surface area contributed by atoms with Gasteiger partial charge in [0.15, 0.2) is 5.78 Å². The molecule has 70 valence electrons. The van der Waals surface area contributed by atoms with Crippen molar-refractivity contribution >= 4 is 5.78 Å². The zero-order valence-electron chi connectivity index (χ0n) is 7.87. The van der Waals surface area contributed by atoms with Gasteiger partial charge in [-0.3, -0.25) is 9.48 Å². The normalized spacial score (nSPS) is 21.7. The number of nitrogens with one attached hydrogen (secondary N) is 1. The van der Waals surface area contributed by atoms with E-state index in [1.54, 1.807) is 10.9 Å². The van der Waals surface area contributed by atoms with Crippen LogP contribution in [0.4, 0.5) is 0 Å². The van der Waals surface area contributed by atoms with E-state index in [1.165, 1.54) is 0 Å². The van der Waals surface area contributed by atoms with Crippen LogP contribution in [0.1, 0.15) is 22.5 Å². The molecule has 0 aromatic carbocycles. The van der Waals surface area contributed by atoms with Crippen LogP contribution in [0.5, 0.6) is 0 Å². The van der Waals surface area contributed by atoms with Crippen molar-refractivity contribution in [2.45, 2.75) is 25.9 Å². The number of fused-ring (bicyclic) bond motifs is 1. The molecule has 0 bridgehead atoms. The monoisotopic (exact) mass is 179 g/mol. The number of aryl methyl sites for hydroxylation is 2. The van der Waals surface area contributed by atoms with Gasteiger partial charge in [-0.15, -0.1) is 0 Å². The lowest BCUT2D eigenvalue weighted by atomic mass is 10.0. The first-order chi connectivity index (χ1) is 6.24. The third-order valence-electron chi connectivity index (χ3n) is 2.55. The van der Waals surface area contributed by atoms with Gasteiger partial charge in [-0.25, -0.2) is 0 Å². The van der Waals surface area contributed by atoms with Crippen LogP contribution in [0.15, 0.2) is 6.20 Å². The number of aromatic nitrogens is 2. The largest absolute Gasteiger partial charge is 0.310 e. The number of carbonyl (C=O) groups is 1. The summed E-state index contributed by atoms with van der Waals surface area (Å²) in [6, 6.07) is -0.0251. The van der Waals surface area contributed by atoms with E-state index in [0.717, 1.165) is 24.2 Å². The first-order valence-corrected chi connectivity index (χ1v) is 4.48. The molecule has 0 radical (unpaired) electrons. The fourth-order valence-electron chi connectivity index (χ4n) is 1.79. The predicted octanol–water partition coefficient (Wildman–Crippen LogP) is 0.366. The maximum Gasteiger partial charge on any atom is 0.198 e. The van der Waals surface area contributed by atoms with Crippen LogP contribution < -0.4 is 5.32 Å². The SMILES string of the molecule is CNC1CCn2ncc(C)c2C1=O. The Morgan fingerprint density at radius 2 is 2.46 bits per heavy atom. The molecule has 1 N–H and O–H groups in total. The van der Waals surface area contributed by atoms with Gasteiger partial charge in [0, 0.05) is 6.54 Å². The quantitative estimate of drug-likeness (QED) is 0.677. The molecule has 0 amide bonds. The molecule has 2 rings (SSSR count). The van der Waals surface area contributed by atoms with Gasteiger partial charge in [0.2, 0.25) is 0 Å². The highest BCUT2D eigenvalue weighted by Crippen LogP contribution is 2.17. The summed E-state index contributed by atoms with van der Waals surface area (Å²) in [5.74, 6) is 0.170. The van der Waals surface area contributed by atoms with Crippen LogP contribution in [-0.4, -0.2) is 28.7 Å². The van der Waals surface area contributed by atoms with E-state index in [2.05, 4.69) is 10.4 Å². The number of rotatable bonds is 1. The summed E-state index contributed by atoms with van der Waals surface area (Å²) in [7, 11) is 1.82. The molecule has 0 fully saturated rings. The van der Waals surface area contributed by atoms with E-state index in [9.17, 15) is 4.79 Å². The van der Waals surface area contributed by atoms with Crippen molar-refractivity contribution in [2.24, 2.45) is 0 Å². The number of Topliss-reactive ketones (excluding diaryl/α,β-unsaturated/α-hetero) is 1. The summed E-state index contributed by atoms with van der Waals surface area (Å²) < 4.78 is 1.80. The highest BCUT2D eigenvalue weighted by molar-refractivity contribution is 6.00. The van der Waals surface area contributed by atoms with Crippen LogP contribution in [0.2, 0.25) is 0 Å². The third-order valence-corrected chi connectivity index (χ3v) is 2.55. The molecule has 0 spiro atoms. The second-order valence-corrected chi connectivity index (χ2v) is 3.39.